The van der Waals surface area contributed by atoms with E-state index >= 15 is 0 Å². The highest BCUT2D eigenvalue weighted by Gasteiger charge is 2.24. The summed E-state index contributed by atoms with van der Waals surface area (Å²) in [5.74, 6) is 0.0698. The molecule has 1 N–H and O–H groups in total. The Morgan fingerprint density at radius 2 is 1.95 bits per heavy atom. The molecule has 1 aliphatic rings. The van der Waals surface area contributed by atoms with Crippen molar-refractivity contribution in [3.63, 3.8) is 0 Å². The first-order chi connectivity index (χ1) is 10.1. The topological polar surface area (TPSA) is 32.3 Å². The molecule has 1 aliphatic carbocycles. The lowest BCUT2D eigenvalue weighted by Crippen LogP contribution is -2.37. The molecule has 0 spiro atoms. The Bertz CT molecular complexity index is 482. The predicted octanol–water partition coefficient (Wildman–Crippen LogP) is 4.57. The normalized spacial score (nSPS) is 16.3. The zero-order chi connectivity index (χ0) is 15.2. The summed E-state index contributed by atoms with van der Waals surface area (Å²) in [6, 6.07) is 5.84. The van der Waals surface area contributed by atoms with Crippen LogP contribution in [0.5, 0.6) is 0 Å². The van der Waals surface area contributed by atoms with E-state index in [0.717, 1.165) is 25.1 Å². The SMILES string of the molecule is CCNc1ccc(Cl)cc1C(=O)N(C)C1CCCCCC1. The first-order valence-corrected chi connectivity index (χ1v) is 8.32. The minimum atomic E-state index is 0.0698. The van der Waals surface area contributed by atoms with Crippen molar-refractivity contribution in [3.8, 4) is 0 Å². The van der Waals surface area contributed by atoms with Crippen LogP contribution in [0, 0.1) is 0 Å². The second kappa shape index (κ2) is 7.69. The molecule has 21 heavy (non-hydrogen) atoms. The zero-order valence-electron chi connectivity index (χ0n) is 13.0. The summed E-state index contributed by atoms with van der Waals surface area (Å²) in [4.78, 5) is 14.7. The van der Waals surface area contributed by atoms with Crippen molar-refractivity contribution < 1.29 is 4.79 Å². The Kier molecular flexibility index (Phi) is 5.92. The Morgan fingerprint density at radius 1 is 1.29 bits per heavy atom. The van der Waals surface area contributed by atoms with E-state index in [2.05, 4.69) is 5.32 Å². The van der Waals surface area contributed by atoms with Crippen LogP contribution in [-0.2, 0) is 0 Å². The largest absolute Gasteiger partial charge is 0.385 e. The van der Waals surface area contributed by atoms with Crippen LogP contribution in [0.4, 0.5) is 5.69 Å². The minimum absolute atomic E-state index is 0.0698. The number of amides is 1. The van der Waals surface area contributed by atoms with Crippen molar-refractivity contribution in [2.75, 3.05) is 18.9 Å². The molecular weight excluding hydrogens is 284 g/mol. The van der Waals surface area contributed by atoms with Crippen LogP contribution in [0.2, 0.25) is 5.02 Å². The molecule has 3 nitrogen and oxygen atoms in total. The third-order valence-electron chi connectivity index (χ3n) is 4.27. The number of carbonyl (C=O) groups excluding carboxylic acids is 1. The highest BCUT2D eigenvalue weighted by Crippen LogP contribution is 2.26. The number of anilines is 1. The van der Waals surface area contributed by atoms with Crippen molar-refractivity contribution in [3.05, 3.63) is 28.8 Å². The third-order valence-corrected chi connectivity index (χ3v) is 4.51. The van der Waals surface area contributed by atoms with Crippen molar-refractivity contribution in [1.29, 1.82) is 0 Å². The predicted molar refractivity (Wildman–Crippen MR) is 89.2 cm³/mol. The summed E-state index contributed by atoms with van der Waals surface area (Å²) in [5, 5.41) is 3.85. The number of rotatable bonds is 4. The Hall–Kier alpha value is -1.22. The summed E-state index contributed by atoms with van der Waals surface area (Å²) in [5.41, 5.74) is 1.54. The van der Waals surface area contributed by atoms with E-state index in [1.807, 2.05) is 31.0 Å². The van der Waals surface area contributed by atoms with Crippen molar-refractivity contribution in [2.24, 2.45) is 0 Å². The maximum absolute atomic E-state index is 12.8. The Labute approximate surface area is 132 Å². The lowest BCUT2D eigenvalue weighted by molar-refractivity contribution is 0.0718. The van der Waals surface area contributed by atoms with E-state index in [1.165, 1.54) is 25.7 Å². The van der Waals surface area contributed by atoms with E-state index in [-0.39, 0.29) is 5.91 Å². The van der Waals surface area contributed by atoms with Gasteiger partial charge in [0.2, 0.25) is 0 Å². The van der Waals surface area contributed by atoms with E-state index in [4.69, 9.17) is 11.6 Å². The van der Waals surface area contributed by atoms with Crippen LogP contribution >= 0.6 is 11.6 Å². The molecule has 0 aromatic heterocycles. The van der Waals surface area contributed by atoms with Gasteiger partial charge in [0.05, 0.1) is 5.56 Å². The molecule has 1 aromatic rings. The molecule has 0 heterocycles. The average Bonchev–Trinajstić information content (AvgIpc) is 2.77. The molecule has 2 rings (SSSR count). The molecule has 1 saturated carbocycles. The fraction of sp³-hybridized carbons (Fsp3) is 0.588. The van der Waals surface area contributed by atoms with Crippen molar-refractivity contribution in [1.82, 2.24) is 4.90 Å². The third kappa shape index (κ3) is 4.13. The van der Waals surface area contributed by atoms with Gasteiger partial charge in [-0.1, -0.05) is 37.3 Å². The number of nitrogens with one attached hydrogen (secondary N) is 1. The fourth-order valence-corrected chi connectivity index (χ4v) is 3.21. The van der Waals surface area contributed by atoms with Gasteiger partial charge in [0.1, 0.15) is 0 Å². The molecule has 116 valence electrons. The van der Waals surface area contributed by atoms with Crippen molar-refractivity contribution in [2.45, 2.75) is 51.5 Å². The summed E-state index contributed by atoms with van der Waals surface area (Å²) in [6.45, 7) is 2.81. The highest BCUT2D eigenvalue weighted by molar-refractivity contribution is 6.31. The summed E-state index contributed by atoms with van der Waals surface area (Å²) in [7, 11) is 1.93. The van der Waals surface area contributed by atoms with Gasteiger partial charge in [-0.25, -0.2) is 0 Å². The van der Waals surface area contributed by atoms with Gasteiger partial charge in [-0.15, -0.1) is 0 Å². The standard InChI is InChI=1S/C17H25ClN2O/c1-3-19-16-11-10-13(18)12-15(16)17(21)20(2)14-8-6-4-5-7-9-14/h10-12,14,19H,3-9H2,1-2H3. The van der Waals surface area contributed by atoms with E-state index < -0.39 is 0 Å². The molecule has 0 radical (unpaired) electrons. The maximum Gasteiger partial charge on any atom is 0.255 e. The van der Waals surface area contributed by atoms with Crippen LogP contribution in [0.1, 0.15) is 55.8 Å². The molecule has 0 bridgehead atoms. The van der Waals surface area contributed by atoms with Gasteiger partial charge in [0.25, 0.3) is 5.91 Å². The molecule has 1 fully saturated rings. The van der Waals surface area contributed by atoms with Crippen molar-refractivity contribution >= 4 is 23.2 Å². The fourth-order valence-electron chi connectivity index (χ4n) is 3.04. The van der Waals surface area contributed by atoms with Gasteiger partial charge in [0, 0.05) is 30.3 Å². The van der Waals surface area contributed by atoms with E-state index in [1.54, 1.807) is 6.07 Å². The number of hydrogen-bond donors (Lipinski definition) is 1. The van der Waals surface area contributed by atoms with Crippen LogP contribution in [0.15, 0.2) is 18.2 Å². The average molecular weight is 309 g/mol. The highest BCUT2D eigenvalue weighted by atomic mass is 35.5. The number of nitrogens with zero attached hydrogens (tertiary/aromatic N) is 1. The molecule has 4 heteroatoms. The number of hydrogen-bond acceptors (Lipinski definition) is 2. The lowest BCUT2D eigenvalue weighted by atomic mass is 10.1. The van der Waals surface area contributed by atoms with Crippen LogP contribution < -0.4 is 5.32 Å². The molecule has 1 amide bonds. The van der Waals surface area contributed by atoms with Gasteiger partial charge >= 0.3 is 0 Å². The van der Waals surface area contributed by atoms with Crippen LogP contribution in [0.3, 0.4) is 0 Å². The number of carbonyl (C=O) groups is 1. The number of halogens is 1. The molecular formula is C17H25ClN2O. The van der Waals surface area contributed by atoms with E-state index in [0.29, 0.717) is 16.6 Å². The summed E-state index contributed by atoms with van der Waals surface area (Å²) < 4.78 is 0. The quantitative estimate of drug-likeness (QED) is 0.827. The molecule has 0 saturated heterocycles. The summed E-state index contributed by atoms with van der Waals surface area (Å²) >= 11 is 6.08. The van der Waals surface area contributed by atoms with Gasteiger partial charge in [-0.3, -0.25) is 4.79 Å². The molecule has 0 unspecified atom stereocenters. The smallest absolute Gasteiger partial charge is 0.255 e. The second-order valence-electron chi connectivity index (χ2n) is 5.78. The summed E-state index contributed by atoms with van der Waals surface area (Å²) in [6.07, 6.45) is 7.24. The second-order valence-corrected chi connectivity index (χ2v) is 6.22. The lowest BCUT2D eigenvalue weighted by Gasteiger charge is -2.28. The van der Waals surface area contributed by atoms with Gasteiger partial charge in [-0.05, 0) is 38.0 Å². The molecule has 0 aliphatic heterocycles. The Balaban J connectivity index is 2.19. The van der Waals surface area contributed by atoms with E-state index in [9.17, 15) is 4.79 Å². The molecule has 1 aromatic carbocycles. The van der Waals surface area contributed by atoms with Gasteiger partial charge < -0.3 is 10.2 Å². The van der Waals surface area contributed by atoms with Gasteiger partial charge in [-0.2, -0.15) is 0 Å². The maximum atomic E-state index is 12.8. The monoisotopic (exact) mass is 308 g/mol. The number of benzene rings is 1. The Morgan fingerprint density at radius 3 is 2.57 bits per heavy atom. The zero-order valence-corrected chi connectivity index (χ0v) is 13.7. The van der Waals surface area contributed by atoms with Crippen LogP contribution in [0.25, 0.3) is 0 Å². The first kappa shape index (κ1) is 16.2. The first-order valence-electron chi connectivity index (χ1n) is 7.94. The molecule has 0 atom stereocenters. The van der Waals surface area contributed by atoms with Crippen LogP contribution in [-0.4, -0.2) is 30.4 Å². The van der Waals surface area contributed by atoms with Gasteiger partial charge in [0.15, 0.2) is 0 Å². The minimum Gasteiger partial charge on any atom is -0.385 e.